The molecule has 0 saturated heterocycles. The van der Waals surface area contributed by atoms with E-state index in [-0.39, 0.29) is 5.91 Å². The van der Waals surface area contributed by atoms with Crippen LogP contribution in [0, 0.1) is 0 Å². The Balaban J connectivity index is 2.50. The van der Waals surface area contributed by atoms with Crippen LogP contribution in [0.5, 0.6) is 6.01 Å². The molecule has 5 heteroatoms. The minimum Gasteiger partial charge on any atom is -0.464 e. The van der Waals surface area contributed by atoms with E-state index in [4.69, 9.17) is 4.74 Å². The summed E-state index contributed by atoms with van der Waals surface area (Å²) in [7, 11) is 0. The van der Waals surface area contributed by atoms with Gasteiger partial charge in [0.2, 0.25) is 5.91 Å². The first-order chi connectivity index (χ1) is 8.26. The quantitative estimate of drug-likeness (QED) is 0.757. The molecule has 1 aromatic rings. The summed E-state index contributed by atoms with van der Waals surface area (Å²) in [5, 5.41) is 2.74. The van der Waals surface area contributed by atoms with Gasteiger partial charge in [0, 0.05) is 30.6 Å². The molecule has 0 fully saturated rings. The summed E-state index contributed by atoms with van der Waals surface area (Å²) >= 11 is 0. The highest BCUT2D eigenvalue weighted by Crippen LogP contribution is 2.03. The maximum atomic E-state index is 11.3. The molecule has 1 heterocycles. The van der Waals surface area contributed by atoms with E-state index in [2.05, 4.69) is 15.3 Å². The molecule has 0 atom stereocenters. The summed E-state index contributed by atoms with van der Waals surface area (Å²) in [6.45, 7) is 5.09. The second kappa shape index (κ2) is 7.38. The van der Waals surface area contributed by atoms with Crippen molar-refractivity contribution in [3.8, 4) is 6.01 Å². The second-order valence-electron chi connectivity index (χ2n) is 3.36. The predicted molar refractivity (Wildman–Crippen MR) is 65.5 cm³/mol. The molecule has 17 heavy (non-hydrogen) atoms. The molecular weight excluding hydrogens is 218 g/mol. The highest BCUT2D eigenvalue weighted by molar-refractivity contribution is 5.91. The van der Waals surface area contributed by atoms with Crippen LogP contribution in [-0.2, 0) is 4.79 Å². The third kappa shape index (κ3) is 5.10. The highest BCUT2D eigenvalue weighted by atomic mass is 16.5. The van der Waals surface area contributed by atoms with Gasteiger partial charge < -0.3 is 10.1 Å². The van der Waals surface area contributed by atoms with Crippen LogP contribution in [0.4, 0.5) is 0 Å². The zero-order valence-electron chi connectivity index (χ0n) is 10.1. The van der Waals surface area contributed by atoms with Gasteiger partial charge in [-0.15, -0.1) is 0 Å². The first-order valence-corrected chi connectivity index (χ1v) is 5.67. The van der Waals surface area contributed by atoms with Crippen LogP contribution in [-0.4, -0.2) is 29.0 Å². The van der Waals surface area contributed by atoms with E-state index < -0.39 is 0 Å². The van der Waals surface area contributed by atoms with E-state index in [9.17, 15) is 4.79 Å². The molecule has 1 N–H and O–H groups in total. The average Bonchev–Trinajstić information content (AvgIpc) is 2.36. The molecule has 0 aliphatic heterocycles. The molecule has 1 aromatic heterocycles. The number of amides is 1. The second-order valence-corrected chi connectivity index (χ2v) is 3.36. The van der Waals surface area contributed by atoms with Gasteiger partial charge in [0.25, 0.3) is 0 Å². The number of carbonyl (C=O) groups is 1. The maximum Gasteiger partial charge on any atom is 0.316 e. The minimum atomic E-state index is -0.110. The van der Waals surface area contributed by atoms with Crippen LogP contribution in [0.2, 0.25) is 0 Å². The lowest BCUT2D eigenvalue weighted by molar-refractivity contribution is -0.116. The fourth-order valence-electron chi connectivity index (χ4n) is 1.09. The van der Waals surface area contributed by atoms with Crippen molar-refractivity contribution >= 4 is 12.0 Å². The Labute approximate surface area is 101 Å². The lowest BCUT2D eigenvalue weighted by Gasteiger charge is -2.00. The first-order valence-electron chi connectivity index (χ1n) is 5.67. The van der Waals surface area contributed by atoms with Crippen LogP contribution in [0.1, 0.15) is 25.8 Å². The van der Waals surface area contributed by atoms with Gasteiger partial charge >= 0.3 is 6.01 Å². The fraction of sp³-hybridized carbons (Fsp3) is 0.417. The Hall–Kier alpha value is -1.91. The van der Waals surface area contributed by atoms with E-state index in [0.717, 1.165) is 12.0 Å². The van der Waals surface area contributed by atoms with Crippen molar-refractivity contribution < 1.29 is 9.53 Å². The monoisotopic (exact) mass is 235 g/mol. The smallest absolute Gasteiger partial charge is 0.316 e. The zero-order chi connectivity index (χ0) is 12.5. The molecule has 0 radical (unpaired) electrons. The molecule has 0 unspecified atom stereocenters. The Kier molecular flexibility index (Phi) is 5.71. The number of ether oxygens (including phenoxy) is 1. The number of carbonyl (C=O) groups excluding carboxylic acids is 1. The molecule has 1 rings (SSSR count). The van der Waals surface area contributed by atoms with Crippen LogP contribution >= 0.6 is 0 Å². The van der Waals surface area contributed by atoms with Crippen molar-refractivity contribution in [1.82, 2.24) is 15.3 Å². The number of nitrogens with one attached hydrogen (secondary N) is 1. The standard InChI is InChI=1S/C12H17N3O2/c1-3-7-13-11(16)6-5-10-8-14-12(15-9-10)17-4-2/h5-6,8-9H,3-4,7H2,1-2H3,(H,13,16)/b6-5+. The predicted octanol–water partition coefficient (Wildman–Crippen LogP) is 1.41. The molecule has 0 aromatic carbocycles. The van der Waals surface area contributed by atoms with Crippen LogP contribution < -0.4 is 10.1 Å². The third-order valence-corrected chi connectivity index (χ3v) is 1.90. The summed E-state index contributed by atoms with van der Waals surface area (Å²) in [5.41, 5.74) is 0.764. The van der Waals surface area contributed by atoms with Gasteiger partial charge in [-0.05, 0) is 19.4 Å². The Bertz CT molecular complexity index is 374. The third-order valence-electron chi connectivity index (χ3n) is 1.90. The summed E-state index contributed by atoms with van der Waals surface area (Å²) < 4.78 is 5.11. The summed E-state index contributed by atoms with van der Waals surface area (Å²) in [6.07, 6.45) is 7.28. The van der Waals surface area contributed by atoms with Gasteiger partial charge in [0.1, 0.15) is 0 Å². The van der Waals surface area contributed by atoms with Crippen molar-refractivity contribution in [1.29, 1.82) is 0 Å². The molecule has 1 amide bonds. The first kappa shape index (κ1) is 13.2. The van der Waals surface area contributed by atoms with Gasteiger partial charge in [0.15, 0.2) is 0 Å². The molecule has 0 saturated carbocycles. The number of hydrogen-bond acceptors (Lipinski definition) is 4. The van der Waals surface area contributed by atoms with Crippen LogP contribution in [0.3, 0.4) is 0 Å². The molecule has 0 aliphatic rings. The van der Waals surface area contributed by atoms with E-state index in [0.29, 0.717) is 19.2 Å². The van der Waals surface area contributed by atoms with E-state index in [1.165, 1.54) is 6.08 Å². The molecular formula is C12H17N3O2. The molecule has 0 bridgehead atoms. The van der Waals surface area contributed by atoms with Crippen molar-refractivity contribution in [2.24, 2.45) is 0 Å². The number of rotatable bonds is 6. The Morgan fingerprint density at radius 2 is 2.12 bits per heavy atom. The molecule has 0 spiro atoms. The Morgan fingerprint density at radius 3 is 2.71 bits per heavy atom. The Morgan fingerprint density at radius 1 is 1.41 bits per heavy atom. The van der Waals surface area contributed by atoms with Crippen LogP contribution in [0.25, 0.3) is 6.08 Å². The SMILES string of the molecule is CCCNC(=O)/C=C/c1cnc(OCC)nc1. The van der Waals surface area contributed by atoms with Gasteiger partial charge in [-0.3, -0.25) is 4.79 Å². The number of aromatic nitrogens is 2. The van der Waals surface area contributed by atoms with Gasteiger partial charge in [-0.2, -0.15) is 0 Å². The molecule has 92 valence electrons. The lowest BCUT2D eigenvalue weighted by Crippen LogP contribution is -2.21. The molecule has 5 nitrogen and oxygen atoms in total. The van der Waals surface area contributed by atoms with E-state index >= 15 is 0 Å². The van der Waals surface area contributed by atoms with E-state index in [1.807, 2.05) is 13.8 Å². The average molecular weight is 235 g/mol. The van der Waals surface area contributed by atoms with Gasteiger partial charge in [-0.25, -0.2) is 9.97 Å². The maximum absolute atomic E-state index is 11.3. The topological polar surface area (TPSA) is 64.1 Å². The van der Waals surface area contributed by atoms with Crippen LogP contribution in [0.15, 0.2) is 18.5 Å². The number of nitrogens with zero attached hydrogens (tertiary/aromatic N) is 2. The normalized spacial score (nSPS) is 10.5. The van der Waals surface area contributed by atoms with Crippen molar-refractivity contribution in [3.63, 3.8) is 0 Å². The summed E-state index contributed by atoms with van der Waals surface area (Å²) in [4.78, 5) is 19.3. The number of hydrogen-bond donors (Lipinski definition) is 1. The van der Waals surface area contributed by atoms with Crippen molar-refractivity contribution in [2.75, 3.05) is 13.2 Å². The lowest BCUT2D eigenvalue weighted by atomic mass is 10.3. The highest BCUT2D eigenvalue weighted by Gasteiger charge is 1.96. The summed E-state index contributed by atoms with van der Waals surface area (Å²) in [6, 6.07) is 0.347. The van der Waals surface area contributed by atoms with Crippen molar-refractivity contribution in [2.45, 2.75) is 20.3 Å². The minimum absolute atomic E-state index is 0.110. The van der Waals surface area contributed by atoms with E-state index in [1.54, 1.807) is 18.5 Å². The van der Waals surface area contributed by atoms with Gasteiger partial charge in [0.05, 0.1) is 6.61 Å². The largest absolute Gasteiger partial charge is 0.464 e. The fourth-order valence-corrected chi connectivity index (χ4v) is 1.09. The zero-order valence-corrected chi connectivity index (χ0v) is 10.1. The van der Waals surface area contributed by atoms with Crippen molar-refractivity contribution in [3.05, 3.63) is 24.0 Å². The summed E-state index contributed by atoms with van der Waals surface area (Å²) in [5.74, 6) is -0.110. The molecule has 0 aliphatic carbocycles. The van der Waals surface area contributed by atoms with Gasteiger partial charge in [-0.1, -0.05) is 6.92 Å².